The molecule has 0 fully saturated rings. The summed E-state index contributed by atoms with van der Waals surface area (Å²) in [5, 5.41) is 1.22. The van der Waals surface area contributed by atoms with Gasteiger partial charge >= 0.3 is 0 Å². The van der Waals surface area contributed by atoms with Crippen molar-refractivity contribution in [1.82, 2.24) is 9.88 Å². The summed E-state index contributed by atoms with van der Waals surface area (Å²) in [6.07, 6.45) is 1.77. The van der Waals surface area contributed by atoms with Gasteiger partial charge in [0.25, 0.3) is 0 Å². The summed E-state index contributed by atoms with van der Waals surface area (Å²) in [6, 6.07) is 27.9. The van der Waals surface area contributed by atoms with E-state index in [4.69, 9.17) is 9.47 Å². The van der Waals surface area contributed by atoms with Crippen LogP contribution in [-0.4, -0.2) is 23.5 Å². The van der Waals surface area contributed by atoms with Gasteiger partial charge in [-0.1, -0.05) is 64.5 Å². The van der Waals surface area contributed by atoms with Crippen LogP contribution in [0.3, 0.4) is 0 Å². The fourth-order valence-electron chi connectivity index (χ4n) is 6.37. The summed E-state index contributed by atoms with van der Waals surface area (Å²) in [5.74, 6) is 1.30. The highest BCUT2D eigenvalue weighted by Crippen LogP contribution is 2.50. The molecule has 4 aromatic carbocycles. The number of nitrogens with zero attached hydrogens (tertiary/aromatic N) is 1. The van der Waals surface area contributed by atoms with Crippen LogP contribution in [0.15, 0.2) is 89.4 Å². The van der Waals surface area contributed by atoms with Gasteiger partial charge in [0.15, 0.2) is 11.5 Å². The van der Waals surface area contributed by atoms with Crippen LogP contribution >= 0.6 is 15.9 Å². The molecule has 0 radical (unpaired) electrons. The minimum atomic E-state index is -0.220. The summed E-state index contributed by atoms with van der Waals surface area (Å²) in [7, 11) is 1.70. The third-order valence-corrected chi connectivity index (χ3v) is 8.82. The Morgan fingerprint density at radius 3 is 2.59 bits per heavy atom. The fourth-order valence-corrected chi connectivity index (χ4v) is 6.98. The van der Waals surface area contributed by atoms with Crippen molar-refractivity contribution in [2.75, 3.05) is 13.7 Å². The van der Waals surface area contributed by atoms with Crippen LogP contribution in [0.1, 0.15) is 45.6 Å². The number of aromatic amines is 1. The van der Waals surface area contributed by atoms with Gasteiger partial charge in [0.05, 0.1) is 13.2 Å². The number of halogens is 2. The Hall–Kier alpha value is -3.61. The Labute approximate surface area is 235 Å². The molecule has 5 aromatic rings. The van der Waals surface area contributed by atoms with E-state index in [9.17, 15) is 4.39 Å². The van der Waals surface area contributed by atoms with Crippen molar-refractivity contribution >= 4 is 26.8 Å². The lowest BCUT2D eigenvalue weighted by Gasteiger charge is -2.46. The van der Waals surface area contributed by atoms with Crippen molar-refractivity contribution in [3.63, 3.8) is 0 Å². The third-order valence-electron chi connectivity index (χ3n) is 8.16. The quantitative estimate of drug-likeness (QED) is 0.229. The van der Waals surface area contributed by atoms with E-state index in [-0.39, 0.29) is 17.9 Å². The molecule has 3 heterocycles. The standard InChI is InChI=1S/C33H28BrFN2O2/c1-38-29-16-22-14-15-37-28(24(22)18-30(29)39-19-20-6-3-2-4-7-20)17-25-31-26(34)8-5-9-27(31)36-32(25)33(37)21-10-12-23(35)13-11-21/h2-13,16,18,28,33,36H,14-15,17,19H2,1H3. The van der Waals surface area contributed by atoms with E-state index >= 15 is 0 Å². The van der Waals surface area contributed by atoms with Gasteiger partial charge in [-0.2, -0.15) is 0 Å². The molecule has 2 aliphatic heterocycles. The van der Waals surface area contributed by atoms with Crippen LogP contribution in [-0.2, 0) is 19.4 Å². The number of hydrogen-bond acceptors (Lipinski definition) is 3. The molecule has 196 valence electrons. The van der Waals surface area contributed by atoms with Gasteiger partial charge in [-0.15, -0.1) is 0 Å². The van der Waals surface area contributed by atoms with Crippen LogP contribution in [0, 0.1) is 5.82 Å². The Morgan fingerprint density at radius 1 is 0.974 bits per heavy atom. The molecular weight excluding hydrogens is 555 g/mol. The van der Waals surface area contributed by atoms with Crippen molar-refractivity contribution in [1.29, 1.82) is 0 Å². The highest BCUT2D eigenvalue weighted by Gasteiger charge is 2.41. The fraction of sp³-hybridized carbons (Fsp3) is 0.212. The number of ether oxygens (including phenoxy) is 2. The number of H-pyrrole nitrogens is 1. The average molecular weight is 584 g/mol. The molecule has 0 saturated heterocycles. The lowest BCUT2D eigenvalue weighted by Crippen LogP contribution is -2.43. The molecule has 0 aliphatic carbocycles. The second-order valence-electron chi connectivity index (χ2n) is 10.3. The topological polar surface area (TPSA) is 37.5 Å². The number of methoxy groups -OCH3 is 1. The maximum absolute atomic E-state index is 14.0. The van der Waals surface area contributed by atoms with Crippen LogP contribution in [0.2, 0.25) is 0 Å². The predicted molar refractivity (Wildman–Crippen MR) is 155 cm³/mol. The zero-order valence-electron chi connectivity index (χ0n) is 21.6. The average Bonchev–Trinajstić information content (AvgIpc) is 3.35. The molecule has 4 nitrogen and oxygen atoms in total. The first kappa shape index (κ1) is 24.4. The van der Waals surface area contributed by atoms with E-state index in [1.165, 1.54) is 27.8 Å². The summed E-state index contributed by atoms with van der Waals surface area (Å²) < 4.78 is 27.1. The molecule has 2 unspecified atom stereocenters. The summed E-state index contributed by atoms with van der Waals surface area (Å²) in [6.45, 7) is 1.37. The van der Waals surface area contributed by atoms with Crippen LogP contribution in [0.4, 0.5) is 4.39 Å². The van der Waals surface area contributed by atoms with Gasteiger partial charge in [0, 0.05) is 33.7 Å². The Morgan fingerprint density at radius 2 is 1.79 bits per heavy atom. The van der Waals surface area contributed by atoms with Gasteiger partial charge in [-0.3, -0.25) is 4.90 Å². The summed E-state index contributed by atoms with van der Waals surface area (Å²) >= 11 is 3.81. The van der Waals surface area contributed by atoms with Gasteiger partial charge < -0.3 is 14.5 Å². The monoisotopic (exact) mass is 582 g/mol. The minimum Gasteiger partial charge on any atom is -0.493 e. The minimum absolute atomic E-state index is 0.0115. The van der Waals surface area contributed by atoms with Crippen LogP contribution in [0.25, 0.3) is 10.9 Å². The highest BCUT2D eigenvalue weighted by molar-refractivity contribution is 9.10. The molecule has 2 atom stereocenters. The maximum Gasteiger partial charge on any atom is 0.162 e. The molecule has 6 heteroatoms. The molecule has 0 spiro atoms. The lowest BCUT2D eigenvalue weighted by atomic mass is 9.80. The van der Waals surface area contributed by atoms with Crippen molar-refractivity contribution in [3.8, 4) is 11.5 Å². The lowest BCUT2D eigenvalue weighted by molar-refractivity contribution is 0.127. The molecule has 0 saturated carbocycles. The van der Waals surface area contributed by atoms with Crippen molar-refractivity contribution in [2.45, 2.75) is 31.5 Å². The van der Waals surface area contributed by atoms with Gasteiger partial charge in [-0.05, 0) is 77.1 Å². The molecule has 0 bridgehead atoms. The van der Waals surface area contributed by atoms with Crippen LogP contribution in [0.5, 0.6) is 11.5 Å². The smallest absolute Gasteiger partial charge is 0.162 e. The van der Waals surface area contributed by atoms with E-state index in [1.54, 1.807) is 19.2 Å². The molecule has 39 heavy (non-hydrogen) atoms. The number of rotatable bonds is 5. The Bertz CT molecular complexity index is 1670. The number of aromatic nitrogens is 1. The number of hydrogen-bond donors (Lipinski definition) is 1. The largest absolute Gasteiger partial charge is 0.493 e. The van der Waals surface area contributed by atoms with Crippen molar-refractivity contribution < 1.29 is 13.9 Å². The van der Waals surface area contributed by atoms with Crippen LogP contribution < -0.4 is 9.47 Å². The van der Waals surface area contributed by atoms with Gasteiger partial charge in [0.1, 0.15) is 12.4 Å². The number of fused-ring (bicyclic) bond motifs is 6. The molecular formula is C33H28BrFN2O2. The van der Waals surface area contributed by atoms with Gasteiger partial charge in [0.2, 0.25) is 0 Å². The Kier molecular flexibility index (Phi) is 6.17. The van der Waals surface area contributed by atoms with E-state index in [1.807, 2.05) is 30.3 Å². The SMILES string of the molecule is COc1cc2c(cc1OCc1ccccc1)C1Cc3c([nH]c4cccc(Br)c34)C(c3ccc(F)cc3)N1CC2. The predicted octanol–water partition coefficient (Wildman–Crippen LogP) is 7.90. The van der Waals surface area contributed by atoms with Crippen molar-refractivity contribution in [3.05, 3.63) is 129 Å². The Balaban J connectivity index is 1.35. The highest BCUT2D eigenvalue weighted by atomic mass is 79.9. The maximum atomic E-state index is 14.0. The number of nitrogens with one attached hydrogen (secondary N) is 1. The first-order valence-electron chi connectivity index (χ1n) is 13.3. The normalized spacial score (nSPS) is 18.3. The first-order valence-corrected chi connectivity index (χ1v) is 14.1. The summed E-state index contributed by atoms with van der Waals surface area (Å²) in [5.41, 5.74) is 8.37. The molecule has 1 aromatic heterocycles. The van der Waals surface area contributed by atoms with E-state index in [0.717, 1.165) is 52.0 Å². The van der Waals surface area contributed by atoms with E-state index < -0.39 is 0 Å². The second kappa shape index (κ2) is 9.85. The first-order chi connectivity index (χ1) is 19.1. The molecule has 7 rings (SSSR count). The summed E-state index contributed by atoms with van der Waals surface area (Å²) in [4.78, 5) is 6.30. The van der Waals surface area contributed by atoms with Gasteiger partial charge in [-0.25, -0.2) is 4.39 Å². The van der Waals surface area contributed by atoms with E-state index in [0.29, 0.717) is 6.61 Å². The molecule has 1 N–H and O–H groups in total. The third kappa shape index (κ3) is 4.23. The molecule has 2 aliphatic rings. The second-order valence-corrected chi connectivity index (χ2v) is 11.2. The zero-order chi connectivity index (χ0) is 26.5. The zero-order valence-corrected chi connectivity index (χ0v) is 23.2. The van der Waals surface area contributed by atoms with E-state index in [2.05, 4.69) is 68.3 Å². The number of benzene rings is 4. The van der Waals surface area contributed by atoms with Crippen molar-refractivity contribution in [2.24, 2.45) is 0 Å². The molecule has 0 amide bonds.